The second-order valence-electron chi connectivity index (χ2n) is 4.61. The summed E-state index contributed by atoms with van der Waals surface area (Å²) >= 11 is 0. The molecule has 0 aliphatic heterocycles. The molecule has 1 N–H and O–H groups in total. The molecule has 0 bridgehead atoms. The number of nitrogens with one attached hydrogen (secondary N) is 1. The van der Waals surface area contributed by atoms with Crippen molar-refractivity contribution in [2.75, 3.05) is 14.1 Å². The summed E-state index contributed by atoms with van der Waals surface area (Å²) < 4.78 is 18.1. The number of benzene rings is 1. The van der Waals surface area contributed by atoms with E-state index in [1.165, 1.54) is 12.1 Å². The number of halogens is 1. The standard InChI is InChI=1S/C14H18FN3O/c1-16-8-13-7-14(19-17-13)10-18(2)9-11-3-5-12(15)6-4-11/h3-7,16H,8-10H2,1-2H3. The molecule has 1 heterocycles. The molecule has 2 aromatic rings. The normalized spacial score (nSPS) is 11.2. The zero-order chi connectivity index (χ0) is 13.7. The first-order valence-corrected chi connectivity index (χ1v) is 6.19. The summed E-state index contributed by atoms with van der Waals surface area (Å²) in [6.45, 7) is 2.11. The number of hydrogen-bond donors (Lipinski definition) is 1. The average molecular weight is 263 g/mol. The summed E-state index contributed by atoms with van der Waals surface area (Å²) in [5.41, 5.74) is 1.96. The Hall–Kier alpha value is -1.72. The van der Waals surface area contributed by atoms with Crippen LogP contribution in [0.15, 0.2) is 34.9 Å². The minimum absolute atomic E-state index is 0.210. The molecule has 0 fully saturated rings. The molecule has 1 aromatic carbocycles. The van der Waals surface area contributed by atoms with Gasteiger partial charge in [0.15, 0.2) is 5.76 Å². The Bertz CT molecular complexity index is 510. The Morgan fingerprint density at radius 2 is 2.00 bits per heavy atom. The zero-order valence-electron chi connectivity index (χ0n) is 11.2. The van der Waals surface area contributed by atoms with E-state index in [0.29, 0.717) is 13.1 Å². The van der Waals surface area contributed by atoms with E-state index in [1.807, 2.05) is 20.2 Å². The van der Waals surface area contributed by atoms with Crippen LogP contribution in [0.2, 0.25) is 0 Å². The molecule has 0 aliphatic rings. The maximum absolute atomic E-state index is 12.8. The van der Waals surface area contributed by atoms with E-state index in [2.05, 4.69) is 15.4 Å². The Morgan fingerprint density at radius 1 is 1.26 bits per heavy atom. The van der Waals surface area contributed by atoms with Crippen LogP contribution in [0.1, 0.15) is 17.0 Å². The van der Waals surface area contributed by atoms with Crippen LogP contribution in [0.4, 0.5) is 4.39 Å². The highest BCUT2D eigenvalue weighted by Gasteiger charge is 2.07. The van der Waals surface area contributed by atoms with Crippen molar-refractivity contribution < 1.29 is 8.91 Å². The minimum Gasteiger partial charge on any atom is -0.360 e. The largest absolute Gasteiger partial charge is 0.360 e. The molecule has 0 saturated carbocycles. The van der Waals surface area contributed by atoms with Crippen LogP contribution in [-0.4, -0.2) is 24.2 Å². The van der Waals surface area contributed by atoms with Gasteiger partial charge >= 0.3 is 0 Å². The fourth-order valence-electron chi connectivity index (χ4n) is 1.92. The molecule has 0 amide bonds. The van der Waals surface area contributed by atoms with E-state index in [4.69, 9.17) is 4.52 Å². The smallest absolute Gasteiger partial charge is 0.151 e. The van der Waals surface area contributed by atoms with Gasteiger partial charge in [0.05, 0.1) is 12.2 Å². The summed E-state index contributed by atoms with van der Waals surface area (Å²) in [4.78, 5) is 2.09. The number of rotatable bonds is 6. The lowest BCUT2D eigenvalue weighted by atomic mass is 10.2. The lowest BCUT2D eigenvalue weighted by Gasteiger charge is -2.14. The zero-order valence-corrected chi connectivity index (χ0v) is 11.2. The predicted molar refractivity (Wildman–Crippen MR) is 70.8 cm³/mol. The second-order valence-corrected chi connectivity index (χ2v) is 4.61. The highest BCUT2D eigenvalue weighted by atomic mass is 19.1. The Labute approximate surface area is 112 Å². The molecule has 102 valence electrons. The quantitative estimate of drug-likeness (QED) is 0.867. The van der Waals surface area contributed by atoms with Gasteiger partial charge in [0.1, 0.15) is 5.82 Å². The van der Waals surface area contributed by atoms with Gasteiger partial charge in [-0.1, -0.05) is 17.3 Å². The van der Waals surface area contributed by atoms with E-state index in [1.54, 1.807) is 12.1 Å². The van der Waals surface area contributed by atoms with Crippen molar-refractivity contribution in [3.8, 4) is 0 Å². The maximum atomic E-state index is 12.8. The molecular formula is C14H18FN3O. The maximum Gasteiger partial charge on any atom is 0.151 e. The molecule has 5 heteroatoms. The van der Waals surface area contributed by atoms with Crippen molar-refractivity contribution in [2.24, 2.45) is 0 Å². The predicted octanol–water partition coefficient (Wildman–Crippen LogP) is 2.17. The van der Waals surface area contributed by atoms with Gasteiger partial charge < -0.3 is 9.84 Å². The molecule has 0 atom stereocenters. The van der Waals surface area contributed by atoms with Gasteiger partial charge in [-0.25, -0.2) is 4.39 Å². The van der Waals surface area contributed by atoms with Gasteiger partial charge in [0, 0.05) is 19.2 Å². The van der Waals surface area contributed by atoms with Crippen LogP contribution in [0.25, 0.3) is 0 Å². The number of aromatic nitrogens is 1. The fourth-order valence-corrected chi connectivity index (χ4v) is 1.92. The molecule has 0 aliphatic carbocycles. The molecule has 0 unspecified atom stereocenters. The van der Waals surface area contributed by atoms with Crippen molar-refractivity contribution >= 4 is 0 Å². The van der Waals surface area contributed by atoms with Gasteiger partial charge in [-0.15, -0.1) is 0 Å². The highest BCUT2D eigenvalue weighted by molar-refractivity contribution is 5.16. The van der Waals surface area contributed by atoms with Crippen LogP contribution in [0.5, 0.6) is 0 Å². The van der Waals surface area contributed by atoms with Crippen molar-refractivity contribution in [2.45, 2.75) is 19.6 Å². The minimum atomic E-state index is -0.210. The van der Waals surface area contributed by atoms with E-state index in [9.17, 15) is 4.39 Å². The highest BCUT2D eigenvalue weighted by Crippen LogP contribution is 2.10. The third kappa shape index (κ3) is 4.15. The van der Waals surface area contributed by atoms with Crippen LogP contribution in [-0.2, 0) is 19.6 Å². The molecular weight excluding hydrogens is 245 g/mol. The van der Waals surface area contributed by atoms with Gasteiger partial charge in [-0.3, -0.25) is 4.90 Å². The van der Waals surface area contributed by atoms with Gasteiger partial charge in [0.25, 0.3) is 0 Å². The molecule has 0 saturated heterocycles. The van der Waals surface area contributed by atoms with Crippen molar-refractivity contribution in [1.82, 2.24) is 15.4 Å². The molecule has 1 aromatic heterocycles. The number of hydrogen-bond acceptors (Lipinski definition) is 4. The summed E-state index contributed by atoms with van der Waals surface area (Å²) in [5, 5.41) is 6.99. The fraction of sp³-hybridized carbons (Fsp3) is 0.357. The van der Waals surface area contributed by atoms with Crippen molar-refractivity contribution in [3.05, 3.63) is 53.2 Å². The Morgan fingerprint density at radius 3 is 2.68 bits per heavy atom. The van der Waals surface area contributed by atoms with Crippen molar-refractivity contribution in [3.63, 3.8) is 0 Å². The molecule has 2 rings (SSSR count). The third-order valence-electron chi connectivity index (χ3n) is 2.76. The monoisotopic (exact) mass is 263 g/mol. The van der Waals surface area contributed by atoms with Crippen LogP contribution < -0.4 is 5.32 Å². The topological polar surface area (TPSA) is 41.3 Å². The van der Waals surface area contributed by atoms with E-state index < -0.39 is 0 Å². The van der Waals surface area contributed by atoms with Crippen LogP contribution >= 0.6 is 0 Å². The lowest BCUT2D eigenvalue weighted by Crippen LogP contribution is -2.16. The molecule has 0 spiro atoms. The Balaban J connectivity index is 1.89. The first kappa shape index (κ1) is 13.7. The first-order chi connectivity index (χ1) is 9.17. The summed E-state index contributed by atoms with van der Waals surface area (Å²) in [5.74, 6) is 0.619. The van der Waals surface area contributed by atoms with Crippen molar-refractivity contribution in [1.29, 1.82) is 0 Å². The summed E-state index contributed by atoms with van der Waals surface area (Å²) in [6.07, 6.45) is 0. The second kappa shape index (κ2) is 6.45. The average Bonchev–Trinajstić information content (AvgIpc) is 2.80. The van der Waals surface area contributed by atoms with Gasteiger partial charge in [0.2, 0.25) is 0 Å². The SMILES string of the molecule is CNCc1cc(CN(C)Cc2ccc(F)cc2)on1. The van der Waals surface area contributed by atoms with E-state index >= 15 is 0 Å². The Kier molecular flexibility index (Phi) is 4.65. The summed E-state index contributed by atoms with van der Waals surface area (Å²) in [6, 6.07) is 8.47. The lowest BCUT2D eigenvalue weighted by molar-refractivity contribution is 0.265. The first-order valence-electron chi connectivity index (χ1n) is 6.19. The van der Waals surface area contributed by atoms with Gasteiger partial charge in [-0.2, -0.15) is 0 Å². The van der Waals surface area contributed by atoms with Crippen LogP contribution in [0.3, 0.4) is 0 Å². The summed E-state index contributed by atoms with van der Waals surface area (Å²) in [7, 11) is 3.86. The van der Waals surface area contributed by atoms with Gasteiger partial charge in [-0.05, 0) is 31.8 Å². The van der Waals surface area contributed by atoms with E-state index in [-0.39, 0.29) is 5.82 Å². The molecule has 0 radical (unpaired) electrons. The molecule has 4 nitrogen and oxygen atoms in total. The van der Waals surface area contributed by atoms with Crippen LogP contribution in [0, 0.1) is 5.82 Å². The third-order valence-corrected chi connectivity index (χ3v) is 2.76. The molecule has 19 heavy (non-hydrogen) atoms. The number of nitrogens with zero attached hydrogens (tertiary/aromatic N) is 2. The van der Waals surface area contributed by atoms with E-state index in [0.717, 1.165) is 23.6 Å².